The Kier molecular flexibility index (Phi) is 5.90. The van der Waals surface area contributed by atoms with Crippen molar-refractivity contribution in [2.45, 2.75) is 59.0 Å². The van der Waals surface area contributed by atoms with E-state index in [-0.39, 0.29) is 17.9 Å². The minimum absolute atomic E-state index is 0.0423. The Labute approximate surface area is 136 Å². The Bertz CT molecular complexity index is 691. The highest BCUT2D eigenvalue weighted by molar-refractivity contribution is 5.97. The van der Waals surface area contributed by atoms with Gasteiger partial charge in [-0.3, -0.25) is 4.79 Å². The second-order valence-electron chi connectivity index (χ2n) is 5.80. The van der Waals surface area contributed by atoms with Gasteiger partial charge in [0, 0.05) is 6.92 Å². The fourth-order valence-corrected chi connectivity index (χ4v) is 2.49. The molecule has 1 atom stereocenters. The fraction of sp³-hybridized carbons (Fsp3) is 0.500. The topological polar surface area (TPSA) is 72.0 Å². The summed E-state index contributed by atoms with van der Waals surface area (Å²) in [6.45, 7) is 5.64. The number of aromatic nitrogens is 2. The molecule has 0 bridgehead atoms. The minimum Gasteiger partial charge on any atom is -0.459 e. The highest BCUT2D eigenvalue weighted by Gasteiger charge is 2.16. The van der Waals surface area contributed by atoms with Gasteiger partial charge in [0.05, 0.1) is 16.6 Å². The molecule has 0 aliphatic heterocycles. The van der Waals surface area contributed by atoms with Crippen LogP contribution in [0.3, 0.4) is 0 Å². The van der Waals surface area contributed by atoms with Crippen LogP contribution in [0, 0.1) is 0 Å². The van der Waals surface area contributed by atoms with E-state index in [0.29, 0.717) is 22.4 Å². The van der Waals surface area contributed by atoms with Gasteiger partial charge in [0.15, 0.2) is 11.6 Å². The van der Waals surface area contributed by atoms with Crippen molar-refractivity contribution in [3.05, 3.63) is 29.6 Å². The van der Waals surface area contributed by atoms with Gasteiger partial charge in [-0.2, -0.15) is 0 Å². The molecule has 0 radical (unpaired) electrons. The fourth-order valence-electron chi connectivity index (χ4n) is 2.49. The normalized spacial score (nSPS) is 12.3. The summed E-state index contributed by atoms with van der Waals surface area (Å²) < 4.78 is 5.60. The molecule has 2 aromatic rings. The number of carbonyl (C=O) groups excluding carboxylic acids is 2. The molecule has 0 spiro atoms. The first kappa shape index (κ1) is 17.2. The van der Waals surface area contributed by atoms with Gasteiger partial charge < -0.3 is 9.72 Å². The van der Waals surface area contributed by atoms with Crippen LogP contribution < -0.4 is 0 Å². The van der Waals surface area contributed by atoms with E-state index >= 15 is 0 Å². The lowest BCUT2D eigenvalue weighted by molar-refractivity contribution is 0.0267. The van der Waals surface area contributed by atoms with E-state index in [4.69, 9.17) is 4.74 Å². The predicted octanol–water partition coefficient (Wildman–Crippen LogP) is 4.28. The van der Waals surface area contributed by atoms with E-state index in [1.807, 2.05) is 6.92 Å². The van der Waals surface area contributed by atoms with Crippen molar-refractivity contribution in [1.29, 1.82) is 0 Å². The number of benzene rings is 1. The van der Waals surface area contributed by atoms with Crippen LogP contribution in [0.15, 0.2) is 18.2 Å². The second-order valence-corrected chi connectivity index (χ2v) is 5.80. The molecule has 0 fully saturated rings. The molecule has 124 valence electrons. The summed E-state index contributed by atoms with van der Waals surface area (Å²) in [5.74, 6) is -0.155. The van der Waals surface area contributed by atoms with Crippen LogP contribution in [0.1, 0.15) is 73.9 Å². The summed E-state index contributed by atoms with van der Waals surface area (Å²) in [7, 11) is 0. The number of fused-ring (bicyclic) bond motifs is 1. The van der Waals surface area contributed by atoms with E-state index in [9.17, 15) is 9.59 Å². The van der Waals surface area contributed by atoms with E-state index in [1.165, 1.54) is 6.92 Å². The molecular weight excluding hydrogens is 292 g/mol. The highest BCUT2D eigenvalue weighted by atomic mass is 16.5. The predicted molar refractivity (Wildman–Crippen MR) is 89.7 cm³/mol. The van der Waals surface area contributed by atoms with Crippen molar-refractivity contribution in [3.63, 3.8) is 0 Å². The average Bonchev–Trinajstić information content (AvgIpc) is 2.97. The maximum Gasteiger partial charge on any atom is 0.338 e. The third kappa shape index (κ3) is 4.41. The first-order valence-corrected chi connectivity index (χ1v) is 8.26. The summed E-state index contributed by atoms with van der Waals surface area (Å²) in [6.07, 6.45) is 5.05. The number of unbranched alkanes of at least 4 members (excludes halogenated alkanes) is 2. The Balaban J connectivity index is 2.09. The molecular formula is C18H24N2O3. The summed E-state index contributed by atoms with van der Waals surface area (Å²) in [5, 5.41) is 0. The van der Waals surface area contributed by atoms with Gasteiger partial charge in [0.25, 0.3) is 0 Å². The summed E-state index contributed by atoms with van der Waals surface area (Å²) >= 11 is 0. The molecule has 1 N–H and O–H groups in total. The zero-order chi connectivity index (χ0) is 16.8. The molecule has 1 heterocycles. The van der Waals surface area contributed by atoms with Gasteiger partial charge in [-0.05, 0) is 37.5 Å². The van der Waals surface area contributed by atoms with Crippen molar-refractivity contribution in [2.24, 2.45) is 0 Å². The van der Waals surface area contributed by atoms with Crippen LogP contribution in [0.4, 0.5) is 0 Å². The number of esters is 1. The number of nitrogens with zero attached hydrogens (tertiary/aromatic N) is 1. The molecule has 0 amide bonds. The van der Waals surface area contributed by atoms with Crippen molar-refractivity contribution < 1.29 is 14.3 Å². The molecule has 1 unspecified atom stereocenters. The third-order valence-electron chi connectivity index (χ3n) is 3.91. The van der Waals surface area contributed by atoms with E-state index in [1.54, 1.807) is 18.2 Å². The molecule has 5 nitrogen and oxygen atoms in total. The molecule has 1 aromatic carbocycles. The summed E-state index contributed by atoms with van der Waals surface area (Å²) in [4.78, 5) is 30.8. The highest BCUT2D eigenvalue weighted by Crippen LogP contribution is 2.17. The van der Waals surface area contributed by atoms with E-state index in [0.717, 1.165) is 32.1 Å². The lowest BCUT2D eigenvalue weighted by Gasteiger charge is -2.16. The van der Waals surface area contributed by atoms with Gasteiger partial charge >= 0.3 is 5.97 Å². The van der Waals surface area contributed by atoms with Crippen LogP contribution in [-0.2, 0) is 4.74 Å². The number of ether oxygens (including phenoxy) is 1. The van der Waals surface area contributed by atoms with Crippen LogP contribution in [-0.4, -0.2) is 27.8 Å². The average molecular weight is 316 g/mol. The lowest BCUT2D eigenvalue weighted by Crippen LogP contribution is -2.17. The first-order chi connectivity index (χ1) is 11.0. The van der Waals surface area contributed by atoms with Crippen molar-refractivity contribution in [2.75, 3.05) is 0 Å². The quantitative estimate of drug-likeness (QED) is 0.448. The molecule has 5 heteroatoms. The Morgan fingerprint density at radius 1 is 1.26 bits per heavy atom. The lowest BCUT2D eigenvalue weighted by atomic mass is 10.1. The van der Waals surface area contributed by atoms with E-state index < -0.39 is 0 Å². The van der Waals surface area contributed by atoms with Gasteiger partial charge in [-0.1, -0.05) is 26.7 Å². The smallest absolute Gasteiger partial charge is 0.338 e. The summed E-state index contributed by atoms with van der Waals surface area (Å²) in [6, 6.07) is 5.11. The molecule has 2 rings (SSSR count). The number of Topliss-reactive ketones (excluding diaryl/α,β-unsaturated/α-hetero) is 1. The molecule has 0 aliphatic carbocycles. The molecule has 0 saturated carbocycles. The van der Waals surface area contributed by atoms with Gasteiger partial charge in [-0.25, -0.2) is 9.78 Å². The van der Waals surface area contributed by atoms with Crippen molar-refractivity contribution >= 4 is 22.8 Å². The minimum atomic E-state index is -0.325. The SMILES string of the molecule is CCCCCC(CC)OC(=O)c1ccc2nc(C(C)=O)[nH]c2c1. The molecule has 0 saturated heterocycles. The Hall–Kier alpha value is -2.17. The van der Waals surface area contributed by atoms with Crippen LogP contribution >= 0.6 is 0 Å². The van der Waals surface area contributed by atoms with Crippen molar-refractivity contribution in [3.8, 4) is 0 Å². The Morgan fingerprint density at radius 3 is 2.70 bits per heavy atom. The number of imidazole rings is 1. The number of hydrogen-bond acceptors (Lipinski definition) is 4. The standard InChI is InChI=1S/C18H24N2O3/c1-4-6-7-8-14(5-2)23-18(22)13-9-10-15-16(11-13)20-17(19-15)12(3)21/h9-11,14H,4-8H2,1-3H3,(H,19,20). The van der Waals surface area contributed by atoms with Gasteiger partial charge in [-0.15, -0.1) is 0 Å². The number of nitrogens with one attached hydrogen (secondary N) is 1. The first-order valence-electron chi connectivity index (χ1n) is 8.26. The summed E-state index contributed by atoms with van der Waals surface area (Å²) in [5.41, 5.74) is 1.82. The van der Waals surface area contributed by atoms with Crippen LogP contribution in [0.25, 0.3) is 11.0 Å². The van der Waals surface area contributed by atoms with Gasteiger partial charge in [0.1, 0.15) is 6.10 Å². The molecule has 0 aliphatic rings. The number of aromatic amines is 1. The molecule has 1 aromatic heterocycles. The number of hydrogen-bond donors (Lipinski definition) is 1. The number of H-pyrrole nitrogens is 1. The largest absolute Gasteiger partial charge is 0.459 e. The number of carbonyl (C=O) groups is 2. The van der Waals surface area contributed by atoms with Crippen LogP contribution in [0.2, 0.25) is 0 Å². The number of ketones is 1. The number of rotatable bonds is 8. The second kappa shape index (κ2) is 7.90. The van der Waals surface area contributed by atoms with E-state index in [2.05, 4.69) is 16.9 Å². The van der Waals surface area contributed by atoms with Crippen molar-refractivity contribution in [1.82, 2.24) is 9.97 Å². The monoisotopic (exact) mass is 316 g/mol. The third-order valence-corrected chi connectivity index (χ3v) is 3.91. The molecule has 23 heavy (non-hydrogen) atoms. The zero-order valence-corrected chi connectivity index (χ0v) is 14.0. The Morgan fingerprint density at radius 2 is 2.04 bits per heavy atom. The zero-order valence-electron chi connectivity index (χ0n) is 14.0. The maximum atomic E-state index is 12.3. The van der Waals surface area contributed by atoms with Crippen LogP contribution in [0.5, 0.6) is 0 Å². The van der Waals surface area contributed by atoms with Gasteiger partial charge in [0.2, 0.25) is 0 Å². The maximum absolute atomic E-state index is 12.3.